The number of rotatable bonds is 3. The molecular weight excluding hydrogens is 296 g/mol. The van der Waals surface area contributed by atoms with E-state index in [0.717, 1.165) is 0 Å². The molecule has 0 bridgehead atoms. The van der Waals surface area contributed by atoms with E-state index in [4.69, 9.17) is 4.74 Å². The lowest BCUT2D eigenvalue weighted by Crippen LogP contribution is -2.56. The minimum Gasteiger partial charge on any atom is -0.466 e. The van der Waals surface area contributed by atoms with E-state index < -0.39 is 17.4 Å². The summed E-state index contributed by atoms with van der Waals surface area (Å²) >= 11 is 0. The second-order valence-corrected chi connectivity index (χ2v) is 5.84. The fourth-order valence-corrected chi connectivity index (χ4v) is 2.25. The third-order valence-electron chi connectivity index (χ3n) is 3.70. The number of fused-ring (bicyclic) bond motifs is 1. The first-order valence-corrected chi connectivity index (χ1v) is 7.35. The quantitative estimate of drug-likeness (QED) is 0.850. The highest BCUT2D eigenvalue weighted by molar-refractivity contribution is 6.18. The fourth-order valence-electron chi connectivity index (χ4n) is 2.25. The van der Waals surface area contributed by atoms with Crippen LogP contribution in [0.1, 0.15) is 26.8 Å². The predicted molar refractivity (Wildman–Crippen MR) is 85.3 cm³/mol. The first kappa shape index (κ1) is 15.1. The summed E-state index contributed by atoms with van der Waals surface area (Å²) in [5, 5.41) is 9.53. The van der Waals surface area contributed by atoms with E-state index in [9.17, 15) is 9.59 Å². The van der Waals surface area contributed by atoms with Gasteiger partial charge in [-0.2, -0.15) is 5.10 Å². The third kappa shape index (κ3) is 2.65. The number of aromatic nitrogens is 2. The Bertz CT molecular complexity index is 768. The van der Waals surface area contributed by atoms with Gasteiger partial charge in [-0.25, -0.2) is 0 Å². The lowest BCUT2D eigenvalue weighted by molar-refractivity contribution is -0.143. The van der Waals surface area contributed by atoms with Gasteiger partial charge in [0.25, 0.3) is 17.4 Å². The average Bonchev–Trinajstić information content (AvgIpc) is 2.97. The van der Waals surface area contributed by atoms with Crippen molar-refractivity contribution in [2.75, 3.05) is 10.6 Å². The van der Waals surface area contributed by atoms with Gasteiger partial charge < -0.3 is 15.4 Å². The number of hydrogen-bond acceptors (Lipinski definition) is 4. The molecule has 0 saturated carbocycles. The van der Waals surface area contributed by atoms with Gasteiger partial charge >= 0.3 is 0 Å². The molecule has 2 N–H and O–H groups in total. The van der Waals surface area contributed by atoms with Crippen molar-refractivity contribution in [3.05, 3.63) is 36.7 Å². The predicted octanol–water partition coefficient (Wildman–Crippen LogP) is 2.19. The van der Waals surface area contributed by atoms with Crippen molar-refractivity contribution < 1.29 is 14.3 Å². The molecule has 2 aromatic rings. The van der Waals surface area contributed by atoms with Crippen LogP contribution < -0.4 is 15.4 Å². The van der Waals surface area contributed by atoms with Gasteiger partial charge in [0.05, 0.1) is 17.6 Å². The van der Waals surface area contributed by atoms with Crippen LogP contribution >= 0.6 is 0 Å². The summed E-state index contributed by atoms with van der Waals surface area (Å²) in [4.78, 5) is 24.9. The van der Waals surface area contributed by atoms with E-state index in [1.165, 1.54) is 13.1 Å². The highest BCUT2D eigenvalue weighted by Gasteiger charge is 2.47. The Morgan fingerprint density at radius 2 is 2.13 bits per heavy atom. The zero-order valence-corrected chi connectivity index (χ0v) is 13.2. The summed E-state index contributed by atoms with van der Waals surface area (Å²) < 4.78 is 7.39. The fraction of sp³-hybridized carbons (Fsp3) is 0.312. The van der Waals surface area contributed by atoms with Gasteiger partial charge in [-0.1, -0.05) is 12.1 Å². The Balaban J connectivity index is 1.82. The van der Waals surface area contributed by atoms with E-state index in [-0.39, 0.29) is 6.04 Å². The van der Waals surface area contributed by atoms with Crippen molar-refractivity contribution in [3.63, 3.8) is 0 Å². The number of para-hydroxylation sites is 2. The van der Waals surface area contributed by atoms with Crippen molar-refractivity contribution >= 4 is 23.2 Å². The van der Waals surface area contributed by atoms with Crippen LogP contribution in [0.2, 0.25) is 0 Å². The van der Waals surface area contributed by atoms with Crippen LogP contribution in [0.15, 0.2) is 36.7 Å². The maximum Gasteiger partial charge on any atom is 0.278 e. The molecule has 0 radical (unpaired) electrons. The molecule has 2 amide bonds. The minimum atomic E-state index is -1.64. The maximum atomic E-state index is 12.6. The zero-order valence-electron chi connectivity index (χ0n) is 13.2. The van der Waals surface area contributed by atoms with E-state index in [1.807, 2.05) is 13.8 Å². The third-order valence-corrected chi connectivity index (χ3v) is 3.70. The van der Waals surface area contributed by atoms with Gasteiger partial charge in [0.1, 0.15) is 5.75 Å². The molecule has 2 heterocycles. The number of anilines is 2. The number of amides is 2. The summed E-state index contributed by atoms with van der Waals surface area (Å²) in [6.07, 6.45) is 3.25. The molecule has 1 aromatic carbocycles. The van der Waals surface area contributed by atoms with Gasteiger partial charge in [0.2, 0.25) is 0 Å². The molecule has 0 aliphatic carbocycles. The number of nitrogens with one attached hydrogen (secondary N) is 2. The molecule has 1 aliphatic rings. The average molecular weight is 314 g/mol. The Morgan fingerprint density at radius 3 is 2.83 bits per heavy atom. The van der Waals surface area contributed by atoms with Crippen LogP contribution in [-0.2, 0) is 9.59 Å². The standard InChI is InChI=1S/C16H18N4O3/c1-10(2)20-9-11(8-17-20)18-14(21)16(3)15(22)19-12-6-4-5-7-13(12)23-16/h4-10H,1-3H3,(H,18,21)(H,19,22)/t16-/m0/s1. The van der Waals surface area contributed by atoms with Crippen molar-refractivity contribution in [3.8, 4) is 5.75 Å². The molecule has 3 rings (SSSR count). The van der Waals surface area contributed by atoms with Crippen LogP contribution in [0, 0.1) is 0 Å². The smallest absolute Gasteiger partial charge is 0.278 e. The molecule has 0 spiro atoms. The highest BCUT2D eigenvalue weighted by Crippen LogP contribution is 2.33. The monoisotopic (exact) mass is 314 g/mol. The number of ether oxygens (including phenoxy) is 1. The van der Waals surface area contributed by atoms with Crippen LogP contribution in [0.25, 0.3) is 0 Å². The van der Waals surface area contributed by atoms with Gasteiger partial charge in [-0.3, -0.25) is 14.3 Å². The highest BCUT2D eigenvalue weighted by atomic mass is 16.5. The van der Waals surface area contributed by atoms with Gasteiger partial charge in [-0.05, 0) is 32.9 Å². The molecule has 7 nitrogen and oxygen atoms in total. The lowest BCUT2D eigenvalue weighted by Gasteiger charge is -2.33. The maximum absolute atomic E-state index is 12.6. The topological polar surface area (TPSA) is 85.3 Å². The summed E-state index contributed by atoms with van der Waals surface area (Å²) in [5.74, 6) is -0.597. The minimum absolute atomic E-state index is 0.178. The first-order chi connectivity index (χ1) is 10.9. The Kier molecular flexibility index (Phi) is 3.55. The van der Waals surface area contributed by atoms with Crippen molar-refractivity contribution in [2.45, 2.75) is 32.4 Å². The molecule has 120 valence electrons. The van der Waals surface area contributed by atoms with Crippen LogP contribution in [0.5, 0.6) is 5.75 Å². The Labute approximate surface area is 133 Å². The van der Waals surface area contributed by atoms with Gasteiger partial charge in [0, 0.05) is 12.2 Å². The van der Waals surface area contributed by atoms with E-state index in [0.29, 0.717) is 17.1 Å². The molecule has 0 saturated heterocycles. The van der Waals surface area contributed by atoms with Gasteiger partial charge in [-0.15, -0.1) is 0 Å². The van der Waals surface area contributed by atoms with E-state index >= 15 is 0 Å². The second-order valence-electron chi connectivity index (χ2n) is 5.84. The number of carbonyl (C=O) groups is 2. The summed E-state index contributed by atoms with van der Waals surface area (Å²) in [6, 6.07) is 7.17. The number of benzene rings is 1. The van der Waals surface area contributed by atoms with Crippen LogP contribution in [-0.4, -0.2) is 27.2 Å². The van der Waals surface area contributed by atoms with Crippen molar-refractivity contribution in [1.29, 1.82) is 0 Å². The van der Waals surface area contributed by atoms with Crippen LogP contribution in [0.4, 0.5) is 11.4 Å². The number of carbonyl (C=O) groups excluding carboxylic acids is 2. The summed E-state index contributed by atoms with van der Waals surface area (Å²) in [6.45, 7) is 5.41. The van der Waals surface area contributed by atoms with Gasteiger partial charge in [0.15, 0.2) is 0 Å². The molecule has 1 aliphatic heterocycles. The van der Waals surface area contributed by atoms with Crippen LogP contribution in [0.3, 0.4) is 0 Å². The molecule has 0 unspecified atom stereocenters. The molecular formula is C16H18N4O3. The Hall–Kier alpha value is -2.83. The van der Waals surface area contributed by atoms with E-state index in [1.54, 1.807) is 35.1 Å². The molecule has 23 heavy (non-hydrogen) atoms. The zero-order chi connectivity index (χ0) is 16.6. The second kappa shape index (κ2) is 5.42. The van der Waals surface area contributed by atoms with Crippen molar-refractivity contribution in [1.82, 2.24) is 9.78 Å². The molecule has 1 atom stereocenters. The molecule has 0 fully saturated rings. The first-order valence-electron chi connectivity index (χ1n) is 7.35. The Morgan fingerprint density at radius 1 is 1.39 bits per heavy atom. The largest absolute Gasteiger partial charge is 0.466 e. The normalized spacial score (nSPS) is 19.7. The molecule has 7 heteroatoms. The lowest BCUT2D eigenvalue weighted by atomic mass is 10.0. The number of hydrogen-bond donors (Lipinski definition) is 2. The number of nitrogens with zero attached hydrogens (tertiary/aromatic N) is 2. The van der Waals surface area contributed by atoms with Crippen molar-refractivity contribution in [2.24, 2.45) is 0 Å². The summed E-state index contributed by atoms with van der Waals surface area (Å²) in [7, 11) is 0. The SMILES string of the molecule is CC(C)n1cc(NC(=O)[C@]2(C)Oc3ccccc3NC2=O)cn1. The molecule has 1 aromatic heterocycles. The summed E-state index contributed by atoms with van der Waals surface area (Å²) in [5.41, 5.74) is -0.579. The van der Waals surface area contributed by atoms with E-state index in [2.05, 4.69) is 15.7 Å².